The van der Waals surface area contributed by atoms with Crippen molar-refractivity contribution in [3.8, 4) is 0 Å². The van der Waals surface area contributed by atoms with Gasteiger partial charge in [0, 0.05) is 17.7 Å². The molecule has 2 atom stereocenters. The molecule has 0 bridgehead atoms. The van der Waals surface area contributed by atoms with Crippen LogP contribution in [-0.4, -0.2) is 15.6 Å². The van der Waals surface area contributed by atoms with E-state index in [1.807, 2.05) is 0 Å². The molecule has 1 fully saturated rings. The zero-order valence-corrected chi connectivity index (χ0v) is 16.4. The van der Waals surface area contributed by atoms with E-state index in [4.69, 9.17) is 0 Å². The summed E-state index contributed by atoms with van der Waals surface area (Å²) in [7, 11) is 0. The topological polar surface area (TPSA) is 111 Å². The van der Waals surface area contributed by atoms with E-state index in [0.717, 1.165) is 43.9 Å². The number of anilines is 1. The molecule has 0 heterocycles. The van der Waals surface area contributed by atoms with Crippen LogP contribution in [0.3, 0.4) is 0 Å². The van der Waals surface area contributed by atoms with Crippen LogP contribution < -0.4 is 5.43 Å². The number of nitro benzene ring substituents is 2. The van der Waals surface area contributed by atoms with Crippen LogP contribution >= 0.6 is 0 Å². The van der Waals surface area contributed by atoms with Gasteiger partial charge in [0.2, 0.25) is 0 Å². The molecule has 0 unspecified atom stereocenters. The van der Waals surface area contributed by atoms with Crippen LogP contribution in [0.5, 0.6) is 0 Å². The highest BCUT2D eigenvalue weighted by Crippen LogP contribution is 2.42. The number of hydrogen-bond donors (Lipinski definition) is 1. The van der Waals surface area contributed by atoms with Crippen molar-refractivity contribution in [1.82, 2.24) is 0 Å². The summed E-state index contributed by atoms with van der Waals surface area (Å²) in [5, 5.41) is 26.7. The Bertz CT molecular complexity index is 745. The Balaban J connectivity index is 2.31. The van der Waals surface area contributed by atoms with Crippen molar-refractivity contribution in [1.29, 1.82) is 0 Å². The molecule has 27 heavy (non-hydrogen) atoms. The molecule has 0 amide bonds. The van der Waals surface area contributed by atoms with E-state index in [9.17, 15) is 20.2 Å². The maximum Gasteiger partial charge on any atom is 0.301 e. The maximum atomic E-state index is 11.3. The molecule has 1 aliphatic rings. The molecule has 0 spiro atoms. The Morgan fingerprint density at radius 2 is 1.96 bits per heavy atom. The third kappa shape index (κ3) is 5.02. The molecule has 0 radical (unpaired) electrons. The van der Waals surface area contributed by atoms with Crippen LogP contribution in [0.1, 0.15) is 59.8 Å². The summed E-state index contributed by atoms with van der Waals surface area (Å²) >= 11 is 0. The Labute approximate surface area is 159 Å². The largest absolute Gasteiger partial charge is 0.301 e. The fourth-order valence-corrected chi connectivity index (χ4v) is 3.96. The summed E-state index contributed by atoms with van der Waals surface area (Å²) < 4.78 is 0. The van der Waals surface area contributed by atoms with Gasteiger partial charge in [0.05, 0.1) is 15.9 Å². The number of nitrogens with zero attached hydrogens (tertiary/aromatic N) is 3. The number of rotatable bonds is 7. The molecule has 2 rings (SSSR count). The summed E-state index contributed by atoms with van der Waals surface area (Å²) in [6.45, 7) is 8.93. The highest BCUT2D eigenvalue weighted by Gasteiger charge is 2.36. The summed E-state index contributed by atoms with van der Waals surface area (Å²) in [6, 6.07) is 3.55. The molecule has 1 aliphatic carbocycles. The predicted octanol–water partition coefficient (Wildman–Crippen LogP) is 5.53. The second kappa shape index (κ2) is 8.45. The minimum Gasteiger partial charge on any atom is -0.272 e. The molecule has 0 aromatic heterocycles. The zero-order chi connectivity index (χ0) is 20.2. The van der Waals surface area contributed by atoms with Crippen LogP contribution in [0.2, 0.25) is 0 Å². The minimum absolute atomic E-state index is 0.103. The van der Waals surface area contributed by atoms with E-state index >= 15 is 0 Å². The summed E-state index contributed by atoms with van der Waals surface area (Å²) in [6.07, 6.45) is 5.12. The highest BCUT2D eigenvalue weighted by atomic mass is 16.6. The fraction of sp³-hybridized carbons (Fsp3) is 0.632. The SMILES string of the molecule is CCCC(C)(C)[C@H]1C[C@@H](C)CC/C1=N\Nc1ccc([N+](=O)[O-])cc1[N+](=O)[O-]. The van der Waals surface area contributed by atoms with Gasteiger partial charge in [0.1, 0.15) is 5.69 Å². The van der Waals surface area contributed by atoms with Gasteiger partial charge in [-0.15, -0.1) is 0 Å². The minimum atomic E-state index is -0.644. The average molecular weight is 376 g/mol. The molecule has 8 nitrogen and oxygen atoms in total. The molecule has 148 valence electrons. The average Bonchev–Trinajstić information content (AvgIpc) is 2.60. The van der Waals surface area contributed by atoms with Crippen LogP contribution in [0.15, 0.2) is 23.3 Å². The molecule has 1 aromatic rings. The lowest BCUT2D eigenvalue weighted by Gasteiger charge is -2.40. The van der Waals surface area contributed by atoms with E-state index in [-0.39, 0.29) is 22.5 Å². The molecule has 1 N–H and O–H groups in total. The first-order chi connectivity index (χ1) is 12.7. The van der Waals surface area contributed by atoms with E-state index in [2.05, 4.69) is 38.2 Å². The molecule has 1 aromatic carbocycles. The van der Waals surface area contributed by atoms with Crippen molar-refractivity contribution in [2.45, 2.75) is 59.8 Å². The summed E-state index contributed by atoms with van der Waals surface area (Å²) in [5.41, 5.74) is 3.46. The first kappa shape index (κ1) is 20.8. The number of hydrazone groups is 1. The highest BCUT2D eigenvalue weighted by molar-refractivity contribution is 5.89. The van der Waals surface area contributed by atoms with Gasteiger partial charge in [0.15, 0.2) is 0 Å². The first-order valence-electron chi connectivity index (χ1n) is 9.41. The monoisotopic (exact) mass is 376 g/mol. The number of non-ortho nitro benzene ring substituents is 1. The lowest BCUT2D eigenvalue weighted by molar-refractivity contribution is -0.393. The van der Waals surface area contributed by atoms with Gasteiger partial charge in [0.25, 0.3) is 5.69 Å². The second-order valence-corrected chi connectivity index (χ2v) is 8.10. The quantitative estimate of drug-likeness (QED) is 0.496. The smallest absolute Gasteiger partial charge is 0.272 e. The Kier molecular flexibility index (Phi) is 6.51. The van der Waals surface area contributed by atoms with Gasteiger partial charge in [-0.3, -0.25) is 25.7 Å². The zero-order valence-electron chi connectivity index (χ0n) is 16.4. The van der Waals surface area contributed by atoms with Crippen molar-refractivity contribution in [3.05, 3.63) is 38.4 Å². The van der Waals surface area contributed by atoms with Gasteiger partial charge in [-0.2, -0.15) is 5.10 Å². The summed E-state index contributed by atoms with van der Waals surface area (Å²) in [4.78, 5) is 20.9. The van der Waals surface area contributed by atoms with Crippen LogP contribution in [0.25, 0.3) is 0 Å². The maximum absolute atomic E-state index is 11.3. The van der Waals surface area contributed by atoms with E-state index < -0.39 is 9.85 Å². The Morgan fingerprint density at radius 3 is 2.56 bits per heavy atom. The number of nitro groups is 2. The van der Waals surface area contributed by atoms with Crippen molar-refractivity contribution >= 4 is 22.8 Å². The van der Waals surface area contributed by atoms with Crippen LogP contribution in [0.4, 0.5) is 17.1 Å². The third-order valence-electron chi connectivity index (χ3n) is 5.48. The molecular formula is C19H28N4O4. The lowest BCUT2D eigenvalue weighted by atomic mass is 9.65. The van der Waals surface area contributed by atoms with Crippen LogP contribution in [-0.2, 0) is 0 Å². The van der Waals surface area contributed by atoms with Gasteiger partial charge >= 0.3 is 5.69 Å². The lowest BCUT2D eigenvalue weighted by Crippen LogP contribution is -2.36. The molecule has 1 saturated carbocycles. The van der Waals surface area contributed by atoms with Gasteiger partial charge in [-0.05, 0) is 43.1 Å². The predicted molar refractivity (Wildman–Crippen MR) is 106 cm³/mol. The molecule has 0 saturated heterocycles. The van der Waals surface area contributed by atoms with E-state index in [0.29, 0.717) is 11.8 Å². The van der Waals surface area contributed by atoms with Crippen molar-refractivity contribution in [2.75, 3.05) is 5.43 Å². The van der Waals surface area contributed by atoms with E-state index in [1.165, 1.54) is 12.1 Å². The molecule has 8 heteroatoms. The Hall–Kier alpha value is -2.51. The first-order valence-corrected chi connectivity index (χ1v) is 9.41. The fourth-order valence-electron chi connectivity index (χ4n) is 3.96. The standard InChI is InChI=1S/C19H28N4O4/c1-5-10-19(3,4)15-11-13(2)6-8-16(15)20-21-17-9-7-14(22(24)25)12-18(17)23(26)27/h7,9,12-13,15,21H,5-6,8,10-11H2,1-4H3/b20-16+/t13-,15-/m0/s1. The number of benzene rings is 1. The molecular weight excluding hydrogens is 348 g/mol. The van der Waals surface area contributed by atoms with Crippen LogP contribution in [0, 0.1) is 37.5 Å². The van der Waals surface area contributed by atoms with Gasteiger partial charge in [-0.1, -0.05) is 34.1 Å². The van der Waals surface area contributed by atoms with E-state index in [1.54, 1.807) is 0 Å². The Morgan fingerprint density at radius 1 is 1.26 bits per heavy atom. The third-order valence-corrected chi connectivity index (χ3v) is 5.48. The second-order valence-electron chi connectivity index (χ2n) is 8.10. The number of nitrogens with one attached hydrogen (secondary N) is 1. The van der Waals surface area contributed by atoms with Gasteiger partial charge in [-0.25, -0.2) is 0 Å². The van der Waals surface area contributed by atoms with Crippen molar-refractivity contribution in [3.63, 3.8) is 0 Å². The van der Waals surface area contributed by atoms with Crippen molar-refractivity contribution in [2.24, 2.45) is 22.4 Å². The molecule has 0 aliphatic heterocycles. The van der Waals surface area contributed by atoms with Gasteiger partial charge < -0.3 is 0 Å². The summed E-state index contributed by atoms with van der Waals surface area (Å²) in [5.74, 6) is 0.935. The van der Waals surface area contributed by atoms with Crippen molar-refractivity contribution < 1.29 is 9.85 Å². The normalized spacial score (nSPS) is 21.9. The number of hydrogen-bond acceptors (Lipinski definition) is 6.